The summed E-state index contributed by atoms with van der Waals surface area (Å²) in [6.07, 6.45) is 3.82. The van der Waals surface area contributed by atoms with Crippen LogP contribution in [0.1, 0.15) is 29.2 Å². The van der Waals surface area contributed by atoms with Crippen LogP contribution in [0, 0.1) is 20.8 Å². The Morgan fingerprint density at radius 2 is 1.83 bits per heavy atom. The number of carbonyl (C=O) groups is 1. The molecule has 0 aliphatic carbocycles. The van der Waals surface area contributed by atoms with Crippen molar-refractivity contribution in [1.82, 2.24) is 5.43 Å². The Bertz CT molecular complexity index is 516. The van der Waals surface area contributed by atoms with E-state index in [-0.39, 0.29) is 0 Å². The number of urea groups is 1. The molecule has 1 rings (SSSR count). The maximum atomic E-state index is 10.5. The molecule has 18 heavy (non-hydrogen) atoms. The van der Waals surface area contributed by atoms with Crippen LogP contribution < -0.4 is 11.2 Å². The first-order chi connectivity index (χ1) is 8.40. The van der Waals surface area contributed by atoms with Crippen LogP contribution in [0.25, 0.3) is 6.08 Å². The molecule has 2 amide bonds. The summed E-state index contributed by atoms with van der Waals surface area (Å²) in [5.74, 6) is 0. The minimum atomic E-state index is -0.662. The second-order valence-corrected chi connectivity index (χ2v) is 4.36. The molecule has 0 aliphatic heterocycles. The van der Waals surface area contributed by atoms with E-state index in [1.807, 2.05) is 12.2 Å². The Morgan fingerprint density at radius 3 is 2.44 bits per heavy atom. The summed E-state index contributed by atoms with van der Waals surface area (Å²) < 4.78 is 0. The third-order valence-electron chi connectivity index (χ3n) is 2.73. The van der Waals surface area contributed by atoms with Gasteiger partial charge in [0.2, 0.25) is 0 Å². The zero-order valence-electron chi connectivity index (χ0n) is 11.2. The summed E-state index contributed by atoms with van der Waals surface area (Å²) in [5, 5.41) is 3.81. The van der Waals surface area contributed by atoms with E-state index in [1.54, 1.807) is 6.92 Å². The van der Waals surface area contributed by atoms with E-state index in [4.69, 9.17) is 5.73 Å². The van der Waals surface area contributed by atoms with E-state index >= 15 is 0 Å². The summed E-state index contributed by atoms with van der Waals surface area (Å²) in [5.41, 5.74) is 12.7. The predicted octanol–water partition coefficient (Wildman–Crippen LogP) is 2.67. The van der Waals surface area contributed by atoms with Crippen LogP contribution in [0.15, 0.2) is 23.3 Å². The largest absolute Gasteiger partial charge is 0.350 e. The second kappa shape index (κ2) is 6.00. The fourth-order valence-corrected chi connectivity index (χ4v) is 1.55. The lowest BCUT2D eigenvalue weighted by atomic mass is 10.0. The van der Waals surface area contributed by atoms with Gasteiger partial charge in [-0.3, -0.25) is 0 Å². The average Bonchev–Trinajstić information content (AvgIpc) is 2.29. The fourth-order valence-electron chi connectivity index (χ4n) is 1.55. The fraction of sp³-hybridized carbons (Fsp3) is 0.286. The Kier molecular flexibility index (Phi) is 4.66. The van der Waals surface area contributed by atoms with E-state index < -0.39 is 6.03 Å². The van der Waals surface area contributed by atoms with Gasteiger partial charge in [0.1, 0.15) is 0 Å². The Balaban J connectivity index is 2.87. The van der Waals surface area contributed by atoms with Gasteiger partial charge in [0.25, 0.3) is 0 Å². The van der Waals surface area contributed by atoms with E-state index in [0.717, 1.165) is 5.56 Å². The molecule has 4 heteroatoms. The van der Waals surface area contributed by atoms with Crippen molar-refractivity contribution in [3.63, 3.8) is 0 Å². The lowest BCUT2D eigenvalue weighted by Gasteiger charge is -2.06. The average molecular weight is 245 g/mol. The first-order valence-electron chi connectivity index (χ1n) is 5.76. The number of hydrazone groups is 1. The summed E-state index contributed by atoms with van der Waals surface area (Å²) >= 11 is 0. The van der Waals surface area contributed by atoms with Crippen molar-refractivity contribution >= 4 is 17.8 Å². The van der Waals surface area contributed by atoms with Gasteiger partial charge in [-0.15, -0.1) is 0 Å². The number of nitrogens with one attached hydrogen (secondary N) is 1. The Labute approximate surface area is 108 Å². The molecule has 1 aromatic carbocycles. The first kappa shape index (κ1) is 14.0. The van der Waals surface area contributed by atoms with Gasteiger partial charge < -0.3 is 5.73 Å². The van der Waals surface area contributed by atoms with Crippen LogP contribution in [0.2, 0.25) is 0 Å². The van der Waals surface area contributed by atoms with Crippen LogP contribution in [0.5, 0.6) is 0 Å². The van der Waals surface area contributed by atoms with Crippen molar-refractivity contribution in [3.8, 4) is 0 Å². The highest BCUT2D eigenvalue weighted by atomic mass is 16.2. The smallest absolute Gasteiger partial charge is 0.332 e. The summed E-state index contributed by atoms with van der Waals surface area (Å²) in [6.45, 7) is 8.05. The predicted molar refractivity (Wildman–Crippen MR) is 75.5 cm³/mol. The number of primary amides is 1. The zero-order chi connectivity index (χ0) is 13.7. The SMILES string of the molecule is CC(/C=C/c1cc(C)c(C)cc1C)=N\NC(N)=O. The number of nitrogens with two attached hydrogens (primary N) is 1. The third kappa shape index (κ3) is 4.05. The maximum absolute atomic E-state index is 10.5. The van der Waals surface area contributed by atoms with E-state index in [0.29, 0.717) is 5.71 Å². The number of nitrogens with zero attached hydrogens (tertiary/aromatic N) is 1. The molecule has 0 fully saturated rings. The molecule has 3 N–H and O–H groups in total. The van der Waals surface area contributed by atoms with Crippen LogP contribution >= 0.6 is 0 Å². The topological polar surface area (TPSA) is 67.5 Å². The molecule has 0 radical (unpaired) electrons. The van der Waals surface area contributed by atoms with Gasteiger partial charge in [0.05, 0.1) is 5.71 Å². The van der Waals surface area contributed by atoms with Gasteiger partial charge in [-0.05, 0) is 56.0 Å². The lowest BCUT2D eigenvalue weighted by molar-refractivity contribution is 0.249. The van der Waals surface area contributed by atoms with Crippen molar-refractivity contribution in [2.75, 3.05) is 0 Å². The van der Waals surface area contributed by atoms with Gasteiger partial charge in [-0.25, -0.2) is 10.2 Å². The minimum Gasteiger partial charge on any atom is -0.350 e. The molecule has 0 atom stereocenters. The maximum Gasteiger partial charge on any atom is 0.332 e. The van der Waals surface area contributed by atoms with Crippen molar-refractivity contribution in [3.05, 3.63) is 40.5 Å². The number of aryl methyl sites for hydroxylation is 3. The molecular formula is C14H19N3O. The second-order valence-electron chi connectivity index (χ2n) is 4.36. The third-order valence-corrected chi connectivity index (χ3v) is 2.73. The summed E-state index contributed by atoms with van der Waals surface area (Å²) in [6, 6.07) is 3.63. The molecule has 0 spiro atoms. The van der Waals surface area contributed by atoms with Crippen molar-refractivity contribution in [2.24, 2.45) is 10.8 Å². The number of carbonyl (C=O) groups excluding carboxylic acids is 1. The molecule has 1 aromatic rings. The summed E-state index contributed by atoms with van der Waals surface area (Å²) in [7, 11) is 0. The lowest BCUT2D eigenvalue weighted by Crippen LogP contribution is -2.25. The standard InChI is InChI=1S/C14H19N3O/c1-9-7-11(3)13(8-10(9)2)6-5-12(4)16-17-14(15)18/h5-8H,1-4H3,(H3,15,17,18)/b6-5+,16-12+. The molecule has 0 aliphatic rings. The quantitative estimate of drug-likeness (QED) is 0.624. The van der Waals surface area contributed by atoms with Gasteiger partial charge >= 0.3 is 6.03 Å². The van der Waals surface area contributed by atoms with E-state index in [2.05, 4.69) is 43.4 Å². The molecule has 0 aromatic heterocycles. The molecule has 96 valence electrons. The Morgan fingerprint density at radius 1 is 1.22 bits per heavy atom. The van der Waals surface area contributed by atoms with Crippen molar-refractivity contribution < 1.29 is 4.79 Å². The number of benzene rings is 1. The number of amides is 2. The van der Waals surface area contributed by atoms with Gasteiger partial charge in [-0.1, -0.05) is 18.2 Å². The van der Waals surface area contributed by atoms with Gasteiger partial charge in [0.15, 0.2) is 0 Å². The number of hydrogen-bond donors (Lipinski definition) is 2. The highest BCUT2D eigenvalue weighted by molar-refractivity contribution is 5.97. The van der Waals surface area contributed by atoms with Gasteiger partial charge in [0, 0.05) is 0 Å². The Hall–Kier alpha value is -2.10. The highest BCUT2D eigenvalue weighted by Crippen LogP contribution is 2.16. The highest BCUT2D eigenvalue weighted by Gasteiger charge is 1.98. The van der Waals surface area contributed by atoms with Crippen molar-refractivity contribution in [2.45, 2.75) is 27.7 Å². The van der Waals surface area contributed by atoms with E-state index in [9.17, 15) is 4.79 Å². The molecule has 0 unspecified atom stereocenters. The van der Waals surface area contributed by atoms with Crippen LogP contribution in [0.4, 0.5) is 4.79 Å². The molecular weight excluding hydrogens is 226 g/mol. The summed E-state index contributed by atoms with van der Waals surface area (Å²) in [4.78, 5) is 10.5. The number of rotatable bonds is 3. The molecule has 0 bridgehead atoms. The molecule has 0 saturated carbocycles. The van der Waals surface area contributed by atoms with Crippen molar-refractivity contribution in [1.29, 1.82) is 0 Å². The van der Waals surface area contributed by atoms with Crippen LogP contribution in [0.3, 0.4) is 0 Å². The normalized spacial score (nSPS) is 11.9. The monoisotopic (exact) mass is 245 g/mol. The number of allylic oxidation sites excluding steroid dienone is 1. The minimum absolute atomic E-state index is 0.662. The van der Waals surface area contributed by atoms with Crippen LogP contribution in [-0.4, -0.2) is 11.7 Å². The zero-order valence-corrected chi connectivity index (χ0v) is 11.2. The molecule has 0 heterocycles. The van der Waals surface area contributed by atoms with Gasteiger partial charge in [-0.2, -0.15) is 5.10 Å². The molecule has 4 nitrogen and oxygen atoms in total. The van der Waals surface area contributed by atoms with E-state index in [1.165, 1.54) is 16.7 Å². The number of hydrogen-bond acceptors (Lipinski definition) is 2. The first-order valence-corrected chi connectivity index (χ1v) is 5.76. The molecule has 0 saturated heterocycles. The van der Waals surface area contributed by atoms with Crippen LogP contribution in [-0.2, 0) is 0 Å².